The summed E-state index contributed by atoms with van der Waals surface area (Å²) in [5.41, 5.74) is 2.35. The number of amides is 1. The van der Waals surface area contributed by atoms with Crippen LogP contribution in [0.2, 0.25) is 0 Å². The van der Waals surface area contributed by atoms with Crippen molar-refractivity contribution in [2.45, 2.75) is 33.2 Å². The number of benzene rings is 1. The second-order valence-corrected chi connectivity index (χ2v) is 7.67. The van der Waals surface area contributed by atoms with Crippen LogP contribution in [0.5, 0.6) is 0 Å². The molecule has 4 rings (SSSR count). The molecule has 3 aromatic rings. The third-order valence-electron chi connectivity index (χ3n) is 5.54. The van der Waals surface area contributed by atoms with Crippen LogP contribution < -0.4 is 5.56 Å². The van der Waals surface area contributed by atoms with Crippen molar-refractivity contribution in [2.24, 2.45) is 5.92 Å². The molecule has 1 saturated heterocycles. The molecule has 3 heterocycles. The Hall–Kier alpha value is -3.15. The van der Waals surface area contributed by atoms with E-state index < -0.39 is 0 Å². The van der Waals surface area contributed by atoms with Gasteiger partial charge in [0.05, 0.1) is 11.3 Å². The maximum atomic E-state index is 12.8. The highest BCUT2D eigenvalue weighted by molar-refractivity contribution is 5.95. The van der Waals surface area contributed by atoms with E-state index in [9.17, 15) is 9.59 Å². The molecule has 0 atom stereocenters. The molecule has 1 fully saturated rings. The van der Waals surface area contributed by atoms with Gasteiger partial charge in [-0.3, -0.25) is 9.59 Å². The van der Waals surface area contributed by atoms with E-state index in [0.717, 1.165) is 29.9 Å². The number of rotatable bonds is 4. The Morgan fingerprint density at radius 1 is 1.10 bits per heavy atom. The fraction of sp³-hybridized carbons (Fsp3) is 0.348. The molecule has 0 bridgehead atoms. The molecule has 1 amide bonds. The van der Waals surface area contributed by atoms with Gasteiger partial charge in [0.25, 0.3) is 11.5 Å². The molecular weight excluding hydrogens is 366 g/mol. The zero-order valence-corrected chi connectivity index (χ0v) is 16.8. The minimum absolute atomic E-state index is 0.0270. The molecule has 150 valence electrons. The average molecular weight is 391 g/mol. The van der Waals surface area contributed by atoms with Crippen LogP contribution in [0.3, 0.4) is 0 Å². The van der Waals surface area contributed by atoms with Crippen molar-refractivity contribution in [3.05, 3.63) is 76.0 Å². The summed E-state index contributed by atoms with van der Waals surface area (Å²) in [7, 11) is 0. The molecule has 2 aromatic heterocycles. The third kappa shape index (κ3) is 4.16. The van der Waals surface area contributed by atoms with E-state index in [2.05, 4.69) is 5.10 Å². The lowest BCUT2D eigenvalue weighted by molar-refractivity contribution is 0.0679. The average Bonchev–Trinajstić information content (AvgIpc) is 3.08. The van der Waals surface area contributed by atoms with Crippen LogP contribution in [0.1, 0.15) is 34.7 Å². The Morgan fingerprint density at radius 3 is 2.48 bits per heavy atom. The van der Waals surface area contributed by atoms with Gasteiger partial charge in [-0.25, -0.2) is 4.68 Å². The highest BCUT2D eigenvalue weighted by Crippen LogP contribution is 2.23. The van der Waals surface area contributed by atoms with Crippen molar-refractivity contribution in [2.75, 3.05) is 13.1 Å². The van der Waals surface area contributed by atoms with Crippen LogP contribution in [0, 0.1) is 19.8 Å². The molecule has 0 radical (unpaired) electrons. The zero-order chi connectivity index (χ0) is 20.4. The van der Waals surface area contributed by atoms with Crippen molar-refractivity contribution in [1.29, 1.82) is 0 Å². The SMILES string of the molecule is Cc1cc(C(=O)N2CCC(Cn3nc(-c4ccccc4)ccc3=O)CC2)c(C)o1. The summed E-state index contributed by atoms with van der Waals surface area (Å²) >= 11 is 0. The van der Waals surface area contributed by atoms with Crippen molar-refractivity contribution in [1.82, 2.24) is 14.7 Å². The number of carbonyl (C=O) groups excluding carboxylic acids is 1. The van der Waals surface area contributed by atoms with Crippen LogP contribution >= 0.6 is 0 Å². The van der Waals surface area contributed by atoms with Gasteiger partial charge in [-0.2, -0.15) is 5.10 Å². The fourth-order valence-electron chi connectivity index (χ4n) is 3.92. The van der Waals surface area contributed by atoms with Crippen LogP contribution in [-0.2, 0) is 6.54 Å². The smallest absolute Gasteiger partial charge is 0.266 e. The summed E-state index contributed by atoms with van der Waals surface area (Å²) in [5.74, 6) is 1.77. The summed E-state index contributed by atoms with van der Waals surface area (Å²) < 4.78 is 7.06. The topological polar surface area (TPSA) is 68.3 Å². The highest BCUT2D eigenvalue weighted by atomic mass is 16.3. The maximum Gasteiger partial charge on any atom is 0.266 e. The van der Waals surface area contributed by atoms with Gasteiger partial charge in [-0.05, 0) is 44.7 Å². The van der Waals surface area contributed by atoms with Gasteiger partial charge in [0.1, 0.15) is 11.5 Å². The van der Waals surface area contributed by atoms with Crippen LogP contribution in [0.15, 0.2) is 57.7 Å². The van der Waals surface area contributed by atoms with Gasteiger partial charge < -0.3 is 9.32 Å². The van der Waals surface area contributed by atoms with E-state index in [-0.39, 0.29) is 11.5 Å². The van der Waals surface area contributed by atoms with Crippen molar-refractivity contribution < 1.29 is 9.21 Å². The number of furan rings is 1. The molecule has 6 nitrogen and oxygen atoms in total. The molecular formula is C23H25N3O3. The zero-order valence-electron chi connectivity index (χ0n) is 16.8. The fourth-order valence-corrected chi connectivity index (χ4v) is 3.92. The summed E-state index contributed by atoms with van der Waals surface area (Å²) in [6.45, 7) is 5.61. The standard InChI is InChI=1S/C23H25N3O3/c1-16-14-20(17(2)29-16)23(28)25-12-10-18(11-13-25)15-26-22(27)9-8-21(24-26)19-6-4-3-5-7-19/h3-9,14,18H,10-13,15H2,1-2H3. The monoisotopic (exact) mass is 391 g/mol. The van der Waals surface area contributed by atoms with Gasteiger partial charge >= 0.3 is 0 Å². The number of hydrogen-bond acceptors (Lipinski definition) is 4. The number of aryl methyl sites for hydroxylation is 2. The predicted molar refractivity (Wildman–Crippen MR) is 111 cm³/mol. The second-order valence-electron chi connectivity index (χ2n) is 7.67. The van der Waals surface area contributed by atoms with E-state index in [4.69, 9.17) is 4.42 Å². The molecule has 1 aromatic carbocycles. The van der Waals surface area contributed by atoms with E-state index >= 15 is 0 Å². The lowest BCUT2D eigenvalue weighted by atomic mass is 9.96. The van der Waals surface area contributed by atoms with E-state index in [1.165, 1.54) is 0 Å². The van der Waals surface area contributed by atoms with Crippen LogP contribution in [-0.4, -0.2) is 33.7 Å². The summed E-state index contributed by atoms with van der Waals surface area (Å²) in [6.07, 6.45) is 1.70. The van der Waals surface area contributed by atoms with Crippen molar-refractivity contribution in [3.8, 4) is 11.3 Å². The van der Waals surface area contributed by atoms with Crippen molar-refractivity contribution >= 4 is 5.91 Å². The summed E-state index contributed by atoms with van der Waals surface area (Å²) in [4.78, 5) is 26.9. The molecule has 6 heteroatoms. The Morgan fingerprint density at radius 2 is 1.83 bits per heavy atom. The first kappa shape index (κ1) is 19.2. The first-order chi connectivity index (χ1) is 14.0. The molecule has 0 N–H and O–H groups in total. The molecule has 0 aliphatic carbocycles. The van der Waals surface area contributed by atoms with E-state index in [1.54, 1.807) is 16.8 Å². The van der Waals surface area contributed by atoms with Gasteiger partial charge in [-0.15, -0.1) is 0 Å². The Balaban J connectivity index is 1.42. The maximum absolute atomic E-state index is 12.8. The minimum atomic E-state index is -0.0901. The van der Waals surface area contributed by atoms with Crippen molar-refractivity contribution in [3.63, 3.8) is 0 Å². The first-order valence-corrected chi connectivity index (χ1v) is 10.0. The Kier molecular flexibility index (Phi) is 5.34. The van der Waals surface area contributed by atoms with Gasteiger partial charge in [0, 0.05) is 31.3 Å². The minimum Gasteiger partial charge on any atom is -0.466 e. The first-order valence-electron chi connectivity index (χ1n) is 10.0. The number of carbonyl (C=O) groups is 1. The summed E-state index contributed by atoms with van der Waals surface area (Å²) in [5, 5.41) is 4.56. The molecule has 29 heavy (non-hydrogen) atoms. The lowest BCUT2D eigenvalue weighted by Gasteiger charge is -2.32. The lowest BCUT2D eigenvalue weighted by Crippen LogP contribution is -2.40. The highest BCUT2D eigenvalue weighted by Gasteiger charge is 2.26. The number of piperidine rings is 1. The molecule has 0 unspecified atom stereocenters. The largest absolute Gasteiger partial charge is 0.466 e. The Bertz CT molecular complexity index is 1060. The second kappa shape index (κ2) is 8.07. The number of likely N-dealkylation sites (tertiary alicyclic amines) is 1. The Labute approximate surface area is 169 Å². The third-order valence-corrected chi connectivity index (χ3v) is 5.54. The van der Waals surface area contributed by atoms with Crippen LogP contribution in [0.25, 0.3) is 11.3 Å². The predicted octanol–water partition coefficient (Wildman–Crippen LogP) is 3.67. The quantitative estimate of drug-likeness (QED) is 0.680. The molecule has 1 aliphatic heterocycles. The number of aromatic nitrogens is 2. The normalized spacial score (nSPS) is 14.9. The van der Waals surface area contributed by atoms with E-state index in [0.29, 0.717) is 36.9 Å². The number of nitrogens with zero attached hydrogens (tertiary/aromatic N) is 3. The molecule has 0 saturated carbocycles. The van der Waals surface area contributed by atoms with E-state index in [1.807, 2.05) is 55.1 Å². The van der Waals surface area contributed by atoms with Crippen LogP contribution in [0.4, 0.5) is 0 Å². The van der Waals surface area contributed by atoms with Gasteiger partial charge in [0.15, 0.2) is 0 Å². The number of hydrogen-bond donors (Lipinski definition) is 0. The summed E-state index contributed by atoms with van der Waals surface area (Å²) in [6, 6.07) is 15.0. The van der Waals surface area contributed by atoms with Gasteiger partial charge in [0.2, 0.25) is 0 Å². The molecule has 0 spiro atoms. The molecule has 1 aliphatic rings. The van der Waals surface area contributed by atoms with Gasteiger partial charge in [-0.1, -0.05) is 30.3 Å².